The number of fused-ring (bicyclic) bond motifs is 1. The van der Waals surface area contributed by atoms with Crippen molar-refractivity contribution in [3.05, 3.63) is 0 Å². The second kappa shape index (κ2) is 6.50. The van der Waals surface area contributed by atoms with E-state index in [9.17, 15) is 4.79 Å². The number of nitrogens with two attached hydrogens (primary N) is 1. The lowest BCUT2D eigenvalue weighted by Gasteiger charge is -2.44. The van der Waals surface area contributed by atoms with Crippen LogP contribution in [0.4, 0.5) is 0 Å². The van der Waals surface area contributed by atoms with Gasteiger partial charge in [-0.15, -0.1) is 0 Å². The van der Waals surface area contributed by atoms with Crippen LogP contribution in [0, 0.1) is 0 Å². The lowest BCUT2D eigenvalue weighted by atomic mass is 9.90. The SMILES string of the molecule is COC(CN)CC(=O)N1CCOC2CCCCC21. The smallest absolute Gasteiger partial charge is 0.225 e. The summed E-state index contributed by atoms with van der Waals surface area (Å²) < 4.78 is 11.0. The normalized spacial score (nSPS) is 29.8. The Balaban J connectivity index is 1.95. The highest BCUT2D eigenvalue weighted by Crippen LogP contribution is 2.28. The Kier molecular flexibility index (Phi) is 4.97. The molecule has 104 valence electrons. The van der Waals surface area contributed by atoms with Gasteiger partial charge < -0.3 is 20.1 Å². The number of nitrogens with zero attached hydrogens (tertiary/aromatic N) is 1. The molecule has 1 amide bonds. The Bertz CT molecular complexity index is 279. The summed E-state index contributed by atoms with van der Waals surface area (Å²) in [5.74, 6) is 0.160. The number of carbonyl (C=O) groups excluding carboxylic acids is 1. The minimum atomic E-state index is -0.164. The lowest BCUT2D eigenvalue weighted by molar-refractivity contribution is -0.151. The molecule has 0 bridgehead atoms. The van der Waals surface area contributed by atoms with Gasteiger partial charge in [-0.2, -0.15) is 0 Å². The second-order valence-corrected chi connectivity index (χ2v) is 5.15. The van der Waals surface area contributed by atoms with Crippen molar-refractivity contribution in [1.82, 2.24) is 4.90 Å². The predicted octanol–water partition coefficient (Wildman–Crippen LogP) is 0.520. The van der Waals surface area contributed by atoms with Gasteiger partial charge in [0, 0.05) is 20.2 Å². The van der Waals surface area contributed by atoms with E-state index < -0.39 is 0 Å². The number of hydrogen-bond acceptors (Lipinski definition) is 4. The van der Waals surface area contributed by atoms with E-state index in [0.29, 0.717) is 26.1 Å². The quantitative estimate of drug-likeness (QED) is 0.796. The molecule has 18 heavy (non-hydrogen) atoms. The highest BCUT2D eigenvalue weighted by atomic mass is 16.5. The standard InChI is InChI=1S/C13H24N2O3/c1-17-10(9-14)8-13(16)15-6-7-18-12-5-3-2-4-11(12)15/h10-12H,2-9,14H2,1H3. The first-order chi connectivity index (χ1) is 8.76. The molecule has 0 spiro atoms. The number of morpholine rings is 1. The van der Waals surface area contributed by atoms with Crippen LogP contribution in [0.15, 0.2) is 0 Å². The van der Waals surface area contributed by atoms with Gasteiger partial charge in [-0.25, -0.2) is 0 Å². The zero-order valence-corrected chi connectivity index (χ0v) is 11.1. The van der Waals surface area contributed by atoms with Crippen LogP contribution < -0.4 is 5.73 Å². The van der Waals surface area contributed by atoms with Gasteiger partial charge >= 0.3 is 0 Å². The van der Waals surface area contributed by atoms with Gasteiger partial charge in [0.05, 0.1) is 31.3 Å². The number of ether oxygens (including phenoxy) is 2. The Morgan fingerprint density at radius 3 is 3.00 bits per heavy atom. The maximum atomic E-state index is 12.3. The van der Waals surface area contributed by atoms with Crippen molar-refractivity contribution in [3.63, 3.8) is 0 Å². The number of amides is 1. The van der Waals surface area contributed by atoms with Crippen LogP contribution in [0.5, 0.6) is 0 Å². The number of methoxy groups -OCH3 is 1. The van der Waals surface area contributed by atoms with Gasteiger partial charge in [0.1, 0.15) is 0 Å². The summed E-state index contributed by atoms with van der Waals surface area (Å²) in [6, 6.07) is 0.273. The Labute approximate surface area is 109 Å². The van der Waals surface area contributed by atoms with Crippen molar-refractivity contribution in [2.24, 2.45) is 5.73 Å². The van der Waals surface area contributed by atoms with E-state index >= 15 is 0 Å². The summed E-state index contributed by atoms with van der Waals surface area (Å²) in [6.07, 6.45) is 5.02. The van der Waals surface area contributed by atoms with Gasteiger partial charge in [0.2, 0.25) is 5.91 Å². The molecule has 3 unspecified atom stereocenters. The second-order valence-electron chi connectivity index (χ2n) is 5.15. The van der Waals surface area contributed by atoms with E-state index in [1.807, 2.05) is 4.90 Å². The summed E-state index contributed by atoms with van der Waals surface area (Å²) in [5.41, 5.74) is 5.57. The summed E-state index contributed by atoms with van der Waals surface area (Å²) >= 11 is 0. The summed E-state index contributed by atoms with van der Waals surface area (Å²) in [4.78, 5) is 14.3. The largest absolute Gasteiger partial charge is 0.380 e. The zero-order valence-electron chi connectivity index (χ0n) is 11.1. The fourth-order valence-electron chi connectivity index (χ4n) is 2.98. The molecule has 2 aliphatic rings. The van der Waals surface area contributed by atoms with Crippen LogP contribution in [0.3, 0.4) is 0 Å². The maximum absolute atomic E-state index is 12.3. The predicted molar refractivity (Wildman–Crippen MR) is 68.2 cm³/mol. The molecule has 1 saturated carbocycles. The van der Waals surface area contributed by atoms with Crippen LogP contribution in [0.1, 0.15) is 32.1 Å². The number of rotatable bonds is 4. The van der Waals surface area contributed by atoms with Gasteiger partial charge in [0.15, 0.2) is 0 Å². The molecule has 3 atom stereocenters. The van der Waals surface area contributed by atoms with Crippen molar-refractivity contribution in [2.75, 3.05) is 26.8 Å². The van der Waals surface area contributed by atoms with Gasteiger partial charge in [0.25, 0.3) is 0 Å². The van der Waals surface area contributed by atoms with E-state index in [4.69, 9.17) is 15.2 Å². The Morgan fingerprint density at radius 2 is 2.28 bits per heavy atom. The minimum absolute atomic E-state index is 0.160. The minimum Gasteiger partial charge on any atom is -0.380 e. The molecule has 5 nitrogen and oxygen atoms in total. The fraction of sp³-hybridized carbons (Fsp3) is 0.923. The molecule has 2 rings (SSSR count). The topological polar surface area (TPSA) is 64.8 Å². The third-order valence-corrected chi connectivity index (χ3v) is 4.05. The lowest BCUT2D eigenvalue weighted by Crippen LogP contribution is -2.55. The van der Waals surface area contributed by atoms with Crippen molar-refractivity contribution in [2.45, 2.75) is 50.4 Å². The van der Waals surface area contributed by atoms with E-state index in [1.165, 1.54) is 12.8 Å². The maximum Gasteiger partial charge on any atom is 0.225 e. The molecule has 0 aromatic rings. The van der Waals surface area contributed by atoms with E-state index in [2.05, 4.69) is 0 Å². The molecule has 0 aromatic carbocycles. The molecule has 0 aromatic heterocycles. The molecule has 1 aliphatic carbocycles. The third kappa shape index (κ3) is 3.02. The van der Waals surface area contributed by atoms with Crippen molar-refractivity contribution in [3.8, 4) is 0 Å². The molecule has 1 aliphatic heterocycles. The van der Waals surface area contributed by atoms with Gasteiger partial charge in [-0.1, -0.05) is 12.8 Å². The van der Waals surface area contributed by atoms with Crippen molar-refractivity contribution < 1.29 is 14.3 Å². The molecule has 2 fully saturated rings. The van der Waals surface area contributed by atoms with Crippen molar-refractivity contribution >= 4 is 5.91 Å². The highest BCUT2D eigenvalue weighted by molar-refractivity contribution is 5.77. The van der Waals surface area contributed by atoms with Crippen LogP contribution in [-0.2, 0) is 14.3 Å². The molecule has 1 saturated heterocycles. The van der Waals surface area contributed by atoms with Crippen LogP contribution in [0.2, 0.25) is 0 Å². The van der Waals surface area contributed by atoms with Crippen molar-refractivity contribution in [1.29, 1.82) is 0 Å². The number of carbonyl (C=O) groups is 1. The summed E-state index contributed by atoms with van der Waals surface area (Å²) in [6.45, 7) is 1.76. The average Bonchev–Trinajstić information content (AvgIpc) is 2.43. The third-order valence-electron chi connectivity index (χ3n) is 4.05. The van der Waals surface area contributed by atoms with Gasteiger partial charge in [-0.3, -0.25) is 4.79 Å². The van der Waals surface area contributed by atoms with E-state index in [0.717, 1.165) is 12.8 Å². The zero-order chi connectivity index (χ0) is 13.0. The Hall–Kier alpha value is -0.650. The summed E-state index contributed by atoms with van der Waals surface area (Å²) in [7, 11) is 1.60. The first-order valence-corrected chi connectivity index (χ1v) is 6.90. The molecule has 0 radical (unpaired) electrons. The molecule has 5 heteroatoms. The highest BCUT2D eigenvalue weighted by Gasteiger charge is 2.36. The van der Waals surface area contributed by atoms with E-state index in [1.54, 1.807) is 7.11 Å². The monoisotopic (exact) mass is 256 g/mol. The fourth-order valence-corrected chi connectivity index (χ4v) is 2.98. The molecular formula is C13H24N2O3. The average molecular weight is 256 g/mol. The van der Waals surface area contributed by atoms with E-state index in [-0.39, 0.29) is 24.2 Å². The summed E-state index contributed by atoms with van der Waals surface area (Å²) in [5, 5.41) is 0. The van der Waals surface area contributed by atoms with Crippen LogP contribution in [0.25, 0.3) is 0 Å². The van der Waals surface area contributed by atoms with Crippen LogP contribution in [-0.4, -0.2) is 55.9 Å². The first-order valence-electron chi connectivity index (χ1n) is 6.90. The Morgan fingerprint density at radius 1 is 1.50 bits per heavy atom. The molecule has 2 N–H and O–H groups in total. The molecule has 1 heterocycles. The number of hydrogen-bond donors (Lipinski definition) is 1. The van der Waals surface area contributed by atoms with Gasteiger partial charge in [-0.05, 0) is 12.8 Å². The first kappa shape index (κ1) is 13.8. The molecular weight excluding hydrogens is 232 g/mol. The van der Waals surface area contributed by atoms with Crippen LogP contribution >= 0.6 is 0 Å².